The van der Waals surface area contributed by atoms with Gasteiger partial charge in [-0.15, -0.1) is 0 Å². The molecule has 1 atom stereocenters. The highest BCUT2D eigenvalue weighted by Crippen LogP contribution is 2.28. The first-order chi connectivity index (χ1) is 9.19. The molecule has 0 saturated heterocycles. The number of halogens is 2. The summed E-state index contributed by atoms with van der Waals surface area (Å²) in [4.78, 5) is 0. The quantitative estimate of drug-likeness (QED) is 0.827. The van der Waals surface area contributed by atoms with E-state index in [1.54, 1.807) is 6.07 Å². The van der Waals surface area contributed by atoms with E-state index in [0.717, 1.165) is 22.4 Å². The van der Waals surface area contributed by atoms with Crippen LogP contribution in [0.5, 0.6) is 0 Å². The van der Waals surface area contributed by atoms with E-state index in [9.17, 15) is 4.39 Å². The lowest BCUT2D eigenvalue weighted by Gasteiger charge is -2.26. The van der Waals surface area contributed by atoms with E-state index in [0.29, 0.717) is 6.04 Å². The van der Waals surface area contributed by atoms with Crippen molar-refractivity contribution < 1.29 is 4.39 Å². The molecule has 1 aromatic rings. The van der Waals surface area contributed by atoms with Gasteiger partial charge in [-0.3, -0.25) is 0 Å². The van der Waals surface area contributed by atoms with Crippen LogP contribution in [0.3, 0.4) is 0 Å². The van der Waals surface area contributed by atoms with E-state index in [1.165, 1.54) is 38.5 Å². The fourth-order valence-corrected chi connectivity index (χ4v) is 3.41. The predicted molar refractivity (Wildman–Crippen MR) is 81.8 cm³/mol. The van der Waals surface area contributed by atoms with Crippen molar-refractivity contribution in [2.45, 2.75) is 51.0 Å². The molecule has 0 radical (unpaired) electrons. The second kappa shape index (κ2) is 7.39. The van der Waals surface area contributed by atoms with E-state index in [-0.39, 0.29) is 5.82 Å². The molecule has 0 amide bonds. The average Bonchev–Trinajstić information content (AvgIpc) is 2.42. The zero-order valence-corrected chi connectivity index (χ0v) is 13.2. The first-order valence-corrected chi connectivity index (χ1v) is 8.09. The maximum Gasteiger partial charge on any atom is 0.127 e. The third-order valence-corrected chi connectivity index (χ3v) is 4.73. The van der Waals surface area contributed by atoms with Crippen LogP contribution in [0, 0.1) is 11.7 Å². The van der Waals surface area contributed by atoms with E-state index < -0.39 is 0 Å². The smallest absolute Gasteiger partial charge is 0.127 e. The summed E-state index contributed by atoms with van der Waals surface area (Å²) in [5.74, 6) is 0.725. The lowest BCUT2D eigenvalue weighted by atomic mass is 9.83. The zero-order valence-electron chi connectivity index (χ0n) is 11.6. The summed E-state index contributed by atoms with van der Waals surface area (Å²) in [6.07, 6.45) is 8.78. The number of nitrogens with one attached hydrogen (secondary N) is 1. The van der Waals surface area contributed by atoms with Crippen molar-refractivity contribution in [1.29, 1.82) is 0 Å². The van der Waals surface area contributed by atoms with Crippen molar-refractivity contribution in [3.05, 3.63) is 34.1 Å². The van der Waals surface area contributed by atoms with Crippen LogP contribution in [0.4, 0.5) is 4.39 Å². The van der Waals surface area contributed by atoms with Gasteiger partial charge in [-0.1, -0.05) is 54.1 Å². The Balaban J connectivity index is 1.94. The number of hydrogen-bond donors (Lipinski definition) is 1. The topological polar surface area (TPSA) is 12.0 Å². The first-order valence-electron chi connectivity index (χ1n) is 7.30. The highest BCUT2D eigenvalue weighted by atomic mass is 79.9. The summed E-state index contributed by atoms with van der Waals surface area (Å²) < 4.78 is 14.7. The summed E-state index contributed by atoms with van der Waals surface area (Å²) >= 11 is 3.30. The molecular weight excluding hydrogens is 305 g/mol. The van der Waals surface area contributed by atoms with Gasteiger partial charge < -0.3 is 5.32 Å². The normalized spacial score (nSPS) is 18.5. The molecule has 1 aliphatic carbocycles. The summed E-state index contributed by atoms with van der Waals surface area (Å²) in [5, 5.41) is 3.36. The van der Waals surface area contributed by atoms with Gasteiger partial charge in [-0.05, 0) is 43.5 Å². The van der Waals surface area contributed by atoms with Crippen LogP contribution in [0.1, 0.15) is 44.1 Å². The van der Waals surface area contributed by atoms with Crippen molar-refractivity contribution in [2.24, 2.45) is 5.92 Å². The second-order valence-corrected chi connectivity index (χ2v) is 6.58. The Morgan fingerprint density at radius 3 is 2.68 bits per heavy atom. The van der Waals surface area contributed by atoms with E-state index in [1.807, 2.05) is 19.2 Å². The molecule has 0 spiro atoms. The van der Waals surface area contributed by atoms with Crippen molar-refractivity contribution in [1.82, 2.24) is 5.32 Å². The summed E-state index contributed by atoms with van der Waals surface area (Å²) in [7, 11) is 1.99. The molecule has 0 aromatic heterocycles. The number of likely N-dealkylation sites (N-methyl/N-ethyl adjacent to an activating group) is 1. The molecule has 3 heteroatoms. The molecule has 0 bridgehead atoms. The monoisotopic (exact) mass is 327 g/mol. The lowest BCUT2D eigenvalue weighted by Crippen LogP contribution is -2.31. The molecule has 0 aliphatic heterocycles. The van der Waals surface area contributed by atoms with Crippen molar-refractivity contribution in [3.8, 4) is 0 Å². The molecule has 0 heterocycles. The van der Waals surface area contributed by atoms with Crippen molar-refractivity contribution in [3.63, 3.8) is 0 Å². The van der Waals surface area contributed by atoms with Crippen LogP contribution in [0.2, 0.25) is 0 Å². The third kappa shape index (κ3) is 4.57. The molecule has 19 heavy (non-hydrogen) atoms. The van der Waals surface area contributed by atoms with E-state index in [2.05, 4.69) is 21.2 Å². The van der Waals surface area contributed by atoms with Gasteiger partial charge in [-0.2, -0.15) is 0 Å². The maximum absolute atomic E-state index is 13.9. The van der Waals surface area contributed by atoms with Crippen LogP contribution in [0.25, 0.3) is 0 Å². The molecule has 1 N–H and O–H groups in total. The molecule has 1 unspecified atom stereocenters. The van der Waals surface area contributed by atoms with Gasteiger partial charge in [0.1, 0.15) is 5.82 Å². The van der Waals surface area contributed by atoms with Gasteiger partial charge in [0.15, 0.2) is 0 Å². The van der Waals surface area contributed by atoms with Gasteiger partial charge >= 0.3 is 0 Å². The first kappa shape index (κ1) is 15.0. The minimum absolute atomic E-state index is 0.0988. The third-order valence-electron chi connectivity index (χ3n) is 4.23. The largest absolute Gasteiger partial charge is 0.317 e. The van der Waals surface area contributed by atoms with Gasteiger partial charge in [-0.25, -0.2) is 4.39 Å². The zero-order chi connectivity index (χ0) is 13.7. The second-order valence-electron chi connectivity index (χ2n) is 5.67. The van der Waals surface area contributed by atoms with Crippen molar-refractivity contribution in [2.75, 3.05) is 7.05 Å². The minimum Gasteiger partial charge on any atom is -0.317 e. The molecule has 2 rings (SSSR count). The SMILES string of the molecule is CNC(Cc1ccc(Br)cc1F)CC1CCCCC1. The van der Waals surface area contributed by atoms with Gasteiger partial charge in [0.25, 0.3) is 0 Å². The Kier molecular flexibility index (Phi) is 5.83. The highest BCUT2D eigenvalue weighted by molar-refractivity contribution is 9.10. The van der Waals surface area contributed by atoms with Gasteiger partial charge in [0, 0.05) is 10.5 Å². The van der Waals surface area contributed by atoms with E-state index in [4.69, 9.17) is 0 Å². The molecule has 1 fully saturated rings. The summed E-state index contributed by atoms with van der Waals surface area (Å²) in [6, 6.07) is 5.76. The van der Waals surface area contributed by atoms with E-state index >= 15 is 0 Å². The van der Waals surface area contributed by atoms with Crippen LogP contribution in [-0.2, 0) is 6.42 Å². The molecule has 106 valence electrons. The standard InChI is InChI=1S/C16H23BrFN/c1-19-15(9-12-5-3-2-4-6-12)10-13-7-8-14(17)11-16(13)18/h7-8,11-12,15,19H,2-6,9-10H2,1H3. The number of benzene rings is 1. The Morgan fingerprint density at radius 1 is 1.32 bits per heavy atom. The predicted octanol–water partition coefficient (Wildman–Crippen LogP) is 4.69. The molecule has 1 saturated carbocycles. The fraction of sp³-hybridized carbons (Fsp3) is 0.625. The maximum atomic E-state index is 13.9. The Bertz CT molecular complexity index is 402. The number of hydrogen-bond acceptors (Lipinski definition) is 1. The molecular formula is C16H23BrFN. The summed E-state index contributed by atoms with van der Waals surface area (Å²) in [5.41, 5.74) is 0.818. The number of rotatable bonds is 5. The molecule has 1 aromatic carbocycles. The Labute approximate surface area is 124 Å². The van der Waals surface area contributed by atoms with Crippen molar-refractivity contribution >= 4 is 15.9 Å². The van der Waals surface area contributed by atoms with Crippen LogP contribution < -0.4 is 5.32 Å². The molecule has 1 nitrogen and oxygen atoms in total. The van der Waals surface area contributed by atoms with Crippen LogP contribution >= 0.6 is 15.9 Å². The fourth-order valence-electron chi connectivity index (χ4n) is 3.08. The molecule has 1 aliphatic rings. The lowest BCUT2D eigenvalue weighted by molar-refractivity contribution is 0.302. The Morgan fingerprint density at radius 2 is 2.05 bits per heavy atom. The average molecular weight is 328 g/mol. The van der Waals surface area contributed by atoms with Gasteiger partial charge in [0.2, 0.25) is 0 Å². The van der Waals surface area contributed by atoms with Gasteiger partial charge in [0.05, 0.1) is 0 Å². The minimum atomic E-state index is -0.0988. The van der Waals surface area contributed by atoms with Crippen LogP contribution in [-0.4, -0.2) is 13.1 Å². The highest BCUT2D eigenvalue weighted by Gasteiger charge is 2.19. The van der Waals surface area contributed by atoms with Crippen LogP contribution in [0.15, 0.2) is 22.7 Å². The summed E-state index contributed by atoms with van der Waals surface area (Å²) in [6.45, 7) is 0. The Hall–Kier alpha value is -0.410.